The lowest BCUT2D eigenvalue weighted by atomic mass is 10.0. The molecule has 1 fully saturated rings. The van der Waals surface area contributed by atoms with E-state index in [0.717, 1.165) is 37.4 Å². The topological polar surface area (TPSA) is 32.5 Å². The highest BCUT2D eigenvalue weighted by Crippen LogP contribution is 2.27. The van der Waals surface area contributed by atoms with Crippen LogP contribution in [0.15, 0.2) is 18.2 Å². The van der Waals surface area contributed by atoms with Gasteiger partial charge in [-0.25, -0.2) is 4.39 Å². The number of nitrogens with two attached hydrogens (primary N) is 1. The van der Waals surface area contributed by atoms with Crippen LogP contribution in [0.2, 0.25) is 0 Å². The van der Waals surface area contributed by atoms with Crippen molar-refractivity contribution in [2.45, 2.75) is 39.3 Å². The average Bonchev–Trinajstić information content (AvgIpc) is 2.46. The Morgan fingerprint density at radius 3 is 2.40 bits per heavy atom. The standard InChI is InChI=1S/C16H26FN3/c1-4-12(2)19-7-9-20(10-8-19)16-6-5-14(17)11-15(16)13(3)18/h5-6,11-13H,4,7-10,18H2,1-3H3/t12?,13-/m1/s1. The molecule has 3 nitrogen and oxygen atoms in total. The normalized spacial score (nSPS) is 19.9. The van der Waals surface area contributed by atoms with Crippen LogP contribution in [0.1, 0.15) is 38.8 Å². The van der Waals surface area contributed by atoms with Gasteiger partial charge in [0.1, 0.15) is 5.82 Å². The van der Waals surface area contributed by atoms with Gasteiger partial charge in [0, 0.05) is 44.0 Å². The summed E-state index contributed by atoms with van der Waals surface area (Å²) in [5.74, 6) is -0.209. The number of hydrogen-bond acceptors (Lipinski definition) is 3. The van der Waals surface area contributed by atoms with E-state index in [0.29, 0.717) is 6.04 Å². The fourth-order valence-corrected chi connectivity index (χ4v) is 2.84. The van der Waals surface area contributed by atoms with Crippen LogP contribution in [0.5, 0.6) is 0 Å². The summed E-state index contributed by atoms with van der Waals surface area (Å²) in [5.41, 5.74) is 7.98. The minimum Gasteiger partial charge on any atom is -0.369 e. The van der Waals surface area contributed by atoms with Crippen LogP contribution in [0.25, 0.3) is 0 Å². The Bertz CT molecular complexity index is 439. The van der Waals surface area contributed by atoms with Crippen molar-refractivity contribution in [3.05, 3.63) is 29.6 Å². The molecule has 112 valence electrons. The third-order valence-corrected chi connectivity index (χ3v) is 4.35. The van der Waals surface area contributed by atoms with Crippen LogP contribution in [0.3, 0.4) is 0 Å². The smallest absolute Gasteiger partial charge is 0.123 e. The lowest BCUT2D eigenvalue weighted by molar-refractivity contribution is 0.192. The summed E-state index contributed by atoms with van der Waals surface area (Å²) in [6.45, 7) is 10.5. The summed E-state index contributed by atoms with van der Waals surface area (Å²) in [6.07, 6.45) is 1.18. The van der Waals surface area contributed by atoms with Gasteiger partial charge in [0.2, 0.25) is 0 Å². The van der Waals surface area contributed by atoms with E-state index in [1.54, 1.807) is 6.07 Å². The number of hydrogen-bond donors (Lipinski definition) is 1. The van der Waals surface area contributed by atoms with Crippen molar-refractivity contribution in [3.8, 4) is 0 Å². The van der Waals surface area contributed by atoms with E-state index in [4.69, 9.17) is 5.73 Å². The molecule has 0 saturated carbocycles. The zero-order valence-corrected chi connectivity index (χ0v) is 12.8. The maximum atomic E-state index is 13.4. The lowest BCUT2D eigenvalue weighted by Crippen LogP contribution is -2.49. The summed E-state index contributed by atoms with van der Waals surface area (Å²) in [4.78, 5) is 4.85. The van der Waals surface area contributed by atoms with Gasteiger partial charge < -0.3 is 10.6 Å². The van der Waals surface area contributed by atoms with E-state index in [-0.39, 0.29) is 11.9 Å². The molecular formula is C16H26FN3. The lowest BCUT2D eigenvalue weighted by Gasteiger charge is -2.39. The Labute approximate surface area is 121 Å². The highest BCUT2D eigenvalue weighted by Gasteiger charge is 2.22. The SMILES string of the molecule is CCC(C)N1CCN(c2ccc(F)cc2[C@@H](C)N)CC1. The van der Waals surface area contributed by atoms with Crippen molar-refractivity contribution in [3.63, 3.8) is 0 Å². The van der Waals surface area contributed by atoms with Crippen LogP contribution in [0.4, 0.5) is 10.1 Å². The molecule has 1 aromatic rings. The minimum absolute atomic E-state index is 0.145. The molecule has 0 amide bonds. The van der Waals surface area contributed by atoms with E-state index >= 15 is 0 Å². The first-order valence-electron chi connectivity index (χ1n) is 7.57. The molecule has 20 heavy (non-hydrogen) atoms. The first-order valence-corrected chi connectivity index (χ1v) is 7.57. The molecule has 0 aliphatic carbocycles. The predicted octanol–water partition coefficient (Wildman–Crippen LogP) is 2.77. The Morgan fingerprint density at radius 2 is 1.85 bits per heavy atom. The van der Waals surface area contributed by atoms with Crippen LogP contribution >= 0.6 is 0 Å². The molecule has 2 atom stereocenters. The molecule has 1 heterocycles. The van der Waals surface area contributed by atoms with Gasteiger partial charge in [0.15, 0.2) is 0 Å². The summed E-state index contributed by atoms with van der Waals surface area (Å²) in [5, 5.41) is 0. The Morgan fingerprint density at radius 1 is 1.20 bits per heavy atom. The summed E-state index contributed by atoms with van der Waals surface area (Å²) in [6, 6.07) is 5.46. The van der Waals surface area contributed by atoms with Gasteiger partial charge in [-0.2, -0.15) is 0 Å². The average molecular weight is 279 g/mol. The zero-order valence-electron chi connectivity index (χ0n) is 12.8. The highest BCUT2D eigenvalue weighted by molar-refractivity contribution is 5.55. The quantitative estimate of drug-likeness (QED) is 0.920. The van der Waals surface area contributed by atoms with Crippen molar-refractivity contribution >= 4 is 5.69 Å². The molecular weight excluding hydrogens is 253 g/mol. The van der Waals surface area contributed by atoms with E-state index in [1.807, 2.05) is 13.0 Å². The molecule has 4 heteroatoms. The van der Waals surface area contributed by atoms with Crippen molar-refractivity contribution in [1.82, 2.24) is 4.90 Å². The third-order valence-electron chi connectivity index (χ3n) is 4.35. The van der Waals surface area contributed by atoms with Crippen LogP contribution in [-0.4, -0.2) is 37.1 Å². The molecule has 1 saturated heterocycles. The number of halogens is 1. The molecule has 1 unspecified atom stereocenters. The second-order valence-corrected chi connectivity index (χ2v) is 5.77. The zero-order chi connectivity index (χ0) is 14.7. The highest BCUT2D eigenvalue weighted by atomic mass is 19.1. The second kappa shape index (κ2) is 6.55. The number of piperazine rings is 1. The van der Waals surface area contributed by atoms with Gasteiger partial charge in [-0.3, -0.25) is 4.90 Å². The van der Waals surface area contributed by atoms with Gasteiger partial charge >= 0.3 is 0 Å². The van der Waals surface area contributed by atoms with Crippen LogP contribution < -0.4 is 10.6 Å². The van der Waals surface area contributed by atoms with E-state index < -0.39 is 0 Å². The number of benzene rings is 1. The van der Waals surface area contributed by atoms with Gasteiger partial charge in [-0.05, 0) is 44.0 Å². The Balaban J connectivity index is 2.11. The van der Waals surface area contributed by atoms with E-state index in [1.165, 1.54) is 12.5 Å². The molecule has 1 aliphatic heterocycles. The van der Waals surface area contributed by atoms with Crippen molar-refractivity contribution < 1.29 is 4.39 Å². The Hall–Kier alpha value is -1.13. The Kier molecular flexibility index (Phi) is 5.00. The number of anilines is 1. The fourth-order valence-electron chi connectivity index (χ4n) is 2.84. The molecule has 2 rings (SSSR count). The van der Waals surface area contributed by atoms with Crippen molar-refractivity contribution in [1.29, 1.82) is 0 Å². The van der Waals surface area contributed by atoms with Gasteiger partial charge in [0.05, 0.1) is 0 Å². The largest absolute Gasteiger partial charge is 0.369 e. The predicted molar refractivity (Wildman–Crippen MR) is 82.5 cm³/mol. The molecule has 0 aromatic heterocycles. The molecule has 1 aromatic carbocycles. The minimum atomic E-state index is -0.209. The van der Waals surface area contributed by atoms with Gasteiger partial charge in [0.25, 0.3) is 0 Å². The maximum absolute atomic E-state index is 13.4. The molecule has 0 spiro atoms. The number of rotatable bonds is 4. The van der Waals surface area contributed by atoms with Gasteiger partial charge in [-0.15, -0.1) is 0 Å². The fraction of sp³-hybridized carbons (Fsp3) is 0.625. The van der Waals surface area contributed by atoms with Crippen LogP contribution in [-0.2, 0) is 0 Å². The van der Waals surface area contributed by atoms with Crippen LogP contribution in [0, 0.1) is 5.82 Å². The molecule has 1 aliphatic rings. The monoisotopic (exact) mass is 279 g/mol. The van der Waals surface area contributed by atoms with E-state index in [9.17, 15) is 4.39 Å². The first kappa shape index (κ1) is 15.3. The molecule has 2 N–H and O–H groups in total. The molecule has 0 bridgehead atoms. The maximum Gasteiger partial charge on any atom is 0.123 e. The number of nitrogens with zero attached hydrogens (tertiary/aromatic N) is 2. The van der Waals surface area contributed by atoms with Gasteiger partial charge in [-0.1, -0.05) is 6.92 Å². The summed E-state index contributed by atoms with van der Waals surface area (Å²) >= 11 is 0. The second-order valence-electron chi connectivity index (χ2n) is 5.77. The third kappa shape index (κ3) is 3.30. The van der Waals surface area contributed by atoms with E-state index in [2.05, 4.69) is 23.6 Å². The first-order chi connectivity index (χ1) is 9.52. The summed E-state index contributed by atoms with van der Waals surface area (Å²) in [7, 11) is 0. The summed E-state index contributed by atoms with van der Waals surface area (Å²) < 4.78 is 13.4. The van der Waals surface area contributed by atoms with Crippen molar-refractivity contribution in [2.24, 2.45) is 5.73 Å². The molecule has 0 radical (unpaired) electrons. The van der Waals surface area contributed by atoms with Crippen molar-refractivity contribution in [2.75, 3.05) is 31.1 Å².